The van der Waals surface area contributed by atoms with Crippen LogP contribution in [0.25, 0.3) is 34.4 Å². The molecule has 0 aliphatic heterocycles. The van der Waals surface area contributed by atoms with Crippen LogP contribution in [0.4, 0.5) is 0 Å². The fourth-order valence-electron chi connectivity index (χ4n) is 9.47. The summed E-state index contributed by atoms with van der Waals surface area (Å²) >= 11 is -5.00. The van der Waals surface area contributed by atoms with Crippen molar-refractivity contribution in [3.8, 4) is 22.3 Å². The molecule has 6 rings (SSSR count). The maximum atomic E-state index is 8.99. The Balaban J connectivity index is 1.67. The molecule has 0 spiro atoms. The normalized spacial score (nSPS) is 18.7. The van der Waals surface area contributed by atoms with E-state index < -0.39 is 21.5 Å². The molecule has 2 aliphatic carbocycles. The predicted octanol–water partition coefficient (Wildman–Crippen LogP) is 15.4. The van der Waals surface area contributed by atoms with Gasteiger partial charge in [0.1, 0.15) is 0 Å². The number of allylic oxidation sites excluding steroid dienone is 2. The van der Waals surface area contributed by atoms with Crippen LogP contribution in [0.15, 0.2) is 96.1 Å². The summed E-state index contributed by atoms with van der Waals surface area (Å²) in [5.74, 6) is -0.913. The molecule has 0 aromatic heterocycles. The summed E-state index contributed by atoms with van der Waals surface area (Å²) in [5, 5.41) is 0. The predicted molar refractivity (Wildman–Crippen MR) is 232 cm³/mol. The average molecular weight is 828 g/mol. The number of benzene rings is 4. The molecule has 0 amide bonds. The molecule has 4 heteroatoms. The number of fused-ring (bicyclic) bond motifs is 2. The summed E-state index contributed by atoms with van der Waals surface area (Å²) in [7, 11) is 18.0. The van der Waals surface area contributed by atoms with Crippen molar-refractivity contribution in [1.82, 2.24) is 0 Å². The van der Waals surface area contributed by atoms with E-state index in [1.54, 1.807) is 0 Å². The van der Waals surface area contributed by atoms with Crippen molar-refractivity contribution >= 4 is 35.1 Å². The second-order valence-electron chi connectivity index (χ2n) is 16.3. The zero-order valence-electron chi connectivity index (χ0n) is 33.0. The van der Waals surface area contributed by atoms with E-state index in [-0.39, 0.29) is 7.25 Å². The molecule has 2 aliphatic rings. The van der Waals surface area contributed by atoms with Gasteiger partial charge in [-0.1, -0.05) is 0 Å². The first-order chi connectivity index (χ1) is 25.0. The second-order valence-corrected chi connectivity index (χ2v) is 58.8. The molecule has 0 fully saturated rings. The standard InChI is InChI=1S/2C23H27.C2H7Si.2ClH.Zr/c2*1-4-6-10-19-13-14-20-15-21(17(3)5-2)16-22(20)23(19)18-11-8-7-9-12-18;1-3-2;;;/h2*7-9,11-17H,4-6,10H2,1-3H3;3H,1-2H3;2*1H;/q;;;;;+2/p-2. The number of aryl methyl sites for hydroxylation is 2. The van der Waals surface area contributed by atoms with Gasteiger partial charge in [-0.2, -0.15) is 0 Å². The summed E-state index contributed by atoms with van der Waals surface area (Å²) < 4.78 is 0.180. The van der Waals surface area contributed by atoms with Crippen molar-refractivity contribution in [2.75, 3.05) is 0 Å². The van der Waals surface area contributed by atoms with Crippen molar-refractivity contribution in [2.45, 2.75) is 113 Å². The average Bonchev–Trinajstić information content (AvgIpc) is 3.77. The Morgan fingerprint density at radius 3 is 1.29 bits per heavy atom. The van der Waals surface area contributed by atoms with Gasteiger partial charge in [0.15, 0.2) is 0 Å². The summed E-state index contributed by atoms with van der Waals surface area (Å²) in [6.07, 6.45) is 14.2. The van der Waals surface area contributed by atoms with E-state index in [2.05, 4.69) is 152 Å². The summed E-state index contributed by atoms with van der Waals surface area (Å²) in [4.78, 5) is 0. The molecule has 4 aromatic rings. The molecule has 275 valence electrons. The van der Waals surface area contributed by atoms with Crippen LogP contribution >= 0.6 is 17.0 Å². The van der Waals surface area contributed by atoms with Crippen molar-refractivity contribution in [3.05, 3.63) is 129 Å². The van der Waals surface area contributed by atoms with E-state index in [0.29, 0.717) is 11.8 Å². The molecule has 0 nitrogen and oxygen atoms in total. The SMILES string of the molecule is CCCCc1ccc2c(c1-c1ccccc1)C=C(C(C)CC)[CH]2[Zr]([Cl])([Cl])([CH]1C(C(C)CC)=Cc2c1ccc(CCCC)c2-c1ccccc1)[SiH](C)C. The molecule has 0 bridgehead atoms. The van der Waals surface area contributed by atoms with Crippen LogP contribution < -0.4 is 0 Å². The summed E-state index contributed by atoms with van der Waals surface area (Å²) in [6, 6.07) is 32.1. The summed E-state index contributed by atoms with van der Waals surface area (Å²) in [5.41, 5.74) is 16.9. The molecule has 52 heavy (non-hydrogen) atoms. The molecule has 4 unspecified atom stereocenters. The molecular weight excluding hydrogens is 767 g/mol. The maximum absolute atomic E-state index is 8.99. The van der Waals surface area contributed by atoms with Gasteiger partial charge in [-0.3, -0.25) is 0 Å². The van der Waals surface area contributed by atoms with E-state index >= 15 is 0 Å². The van der Waals surface area contributed by atoms with Gasteiger partial charge in [-0.25, -0.2) is 0 Å². The minimum absolute atomic E-state index is 0.0902. The van der Waals surface area contributed by atoms with Gasteiger partial charge >= 0.3 is 327 Å². The molecular formula is C48H61Cl2SiZr. The first kappa shape index (κ1) is 39.7. The van der Waals surface area contributed by atoms with Crippen molar-refractivity contribution in [1.29, 1.82) is 0 Å². The number of unbranched alkanes of at least 4 members (excludes halogenated alkanes) is 2. The zero-order chi connectivity index (χ0) is 37.2. The van der Waals surface area contributed by atoms with E-state index in [1.165, 1.54) is 92.5 Å². The van der Waals surface area contributed by atoms with Gasteiger partial charge in [-0.05, 0) is 0 Å². The molecule has 0 saturated carbocycles. The van der Waals surface area contributed by atoms with E-state index in [9.17, 15) is 0 Å². The van der Waals surface area contributed by atoms with Crippen LogP contribution in [0.5, 0.6) is 0 Å². The minimum atomic E-state index is -5.00. The van der Waals surface area contributed by atoms with E-state index in [0.717, 1.165) is 25.7 Å². The fraction of sp³-hybridized carbons (Fsp3) is 0.417. The van der Waals surface area contributed by atoms with E-state index in [1.807, 2.05) is 0 Å². The zero-order valence-corrected chi connectivity index (χ0v) is 38.2. The van der Waals surface area contributed by atoms with Crippen LogP contribution in [0.3, 0.4) is 0 Å². The quantitative estimate of drug-likeness (QED) is 0.105. The number of hydrogen-bond acceptors (Lipinski definition) is 0. The van der Waals surface area contributed by atoms with Crippen molar-refractivity contribution < 1.29 is 15.6 Å². The Morgan fingerprint density at radius 1 is 0.577 bits per heavy atom. The second kappa shape index (κ2) is 16.4. The topological polar surface area (TPSA) is 0 Å². The summed E-state index contributed by atoms with van der Waals surface area (Å²) in [6.45, 7) is 19.1. The Morgan fingerprint density at radius 2 is 0.962 bits per heavy atom. The third-order valence-corrected chi connectivity index (χ3v) is 64.6. The molecule has 0 saturated heterocycles. The third-order valence-electron chi connectivity index (χ3n) is 12.9. The molecule has 0 N–H and O–H groups in total. The Labute approximate surface area is 324 Å². The number of hydrogen-bond donors (Lipinski definition) is 0. The Bertz CT molecular complexity index is 1810. The molecule has 0 heterocycles. The monoisotopic (exact) mass is 825 g/mol. The van der Waals surface area contributed by atoms with Crippen LogP contribution in [0, 0.1) is 11.8 Å². The van der Waals surface area contributed by atoms with Crippen LogP contribution in [-0.2, 0) is 28.4 Å². The Kier molecular flexibility index (Phi) is 12.5. The number of rotatable bonds is 15. The van der Waals surface area contributed by atoms with Gasteiger partial charge in [0.05, 0.1) is 0 Å². The molecule has 4 aromatic carbocycles. The molecule has 4 atom stereocenters. The Hall–Kier alpha value is -1.96. The first-order valence-corrected chi connectivity index (χ1v) is 36.7. The van der Waals surface area contributed by atoms with Crippen LogP contribution in [0.1, 0.15) is 121 Å². The first-order valence-electron chi connectivity index (χ1n) is 20.4. The van der Waals surface area contributed by atoms with Gasteiger partial charge < -0.3 is 0 Å². The van der Waals surface area contributed by atoms with Crippen LogP contribution in [-0.4, -0.2) is 5.92 Å². The fourth-order valence-corrected chi connectivity index (χ4v) is 40.7. The van der Waals surface area contributed by atoms with E-state index in [4.69, 9.17) is 17.0 Å². The third kappa shape index (κ3) is 6.91. The van der Waals surface area contributed by atoms with Gasteiger partial charge in [-0.15, -0.1) is 0 Å². The van der Waals surface area contributed by atoms with Gasteiger partial charge in [0, 0.05) is 0 Å². The van der Waals surface area contributed by atoms with Crippen LogP contribution in [0.2, 0.25) is 13.1 Å². The molecule has 0 radical (unpaired) electrons. The van der Waals surface area contributed by atoms with Crippen molar-refractivity contribution in [2.24, 2.45) is 11.8 Å². The van der Waals surface area contributed by atoms with Gasteiger partial charge in [0.25, 0.3) is 0 Å². The number of halogens is 2. The van der Waals surface area contributed by atoms with Crippen molar-refractivity contribution in [3.63, 3.8) is 0 Å². The van der Waals surface area contributed by atoms with Gasteiger partial charge in [0.2, 0.25) is 0 Å².